The van der Waals surface area contributed by atoms with Crippen LogP contribution < -0.4 is 0 Å². The van der Waals surface area contributed by atoms with E-state index in [0.717, 1.165) is 5.75 Å². The number of thioether (sulfide) groups is 1. The average Bonchev–Trinajstić information content (AvgIpc) is 1.84. The number of carboxylic acid groups (broad SMARTS) is 1. The highest BCUT2D eigenvalue weighted by Crippen LogP contribution is 2.00. The van der Waals surface area contributed by atoms with Crippen molar-refractivity contribution in [2.45, 2.75) is 6.42 Å². The molecule has 0 aromatic carbocycles. The number of carbonyl (C=O) groups is 1. The summed E-state index contributed by atoms with van der Waals surface area (Å²) in [5.41, 5.74) is 0. The summed E-state index contributed by atoms with van der Waals surface area (Å²) in [6, 6.07) is 0. The molecule has 4 nitrogen and oxygen atoms in total. The minimum atomic E-state index is -3.37. The van der Waals surface area contributed by atoms with Gasteiger partial charge in [-0.25, -0.2) is 8.42 Å². The highest BCUT2D eigenvalue weighted by molar-refractivity contribution is 7.98. The molecule has 72 valence electrons. The largest absolute Gasteiger partial charge is 0.480 e. The predicted octanol–water partition coefficient (Wildman–Crippen LogP) is 0.239. The second-order valence-electron chi connectivity index (χ2n) is 2.33. The molecule has 0 amide bonds. The van der Waals surface area contributed by atoms with E-state index < -0.39 is 21.6 Å². The van der Waals surface area contributed by atoms with Crippen LogP contribution in [0, 0.1) is 0 Å². The van der Waals surface area contributed by atoms with Gasteiger partial charge in [-0.05, 0) is 18.4 Å². The SMILES string of the molecule is CSCCCS(=O)(=O)CC(=O)O. The van der Waals surface area contributed by atoms with Gasteiger partial charge in [0, 0.05) is 0 Å². The highest BCUT2D eigenvalue weighted by atomic mass is 32.2. The van der Waals surface area contributed by atoms with Gasteiger partial charge in [0.15, 0.2) is 9.84 Å². The molecule has 0 unspecified atom stereocenters. The van der Waals surface area contributed by atoms with E-state index in [2.05, 4.69) is 0 Å². The van der Waals surface area contributed by atoms with Crippen LogP contribution >= 0.6 is 11.8 Å². The third-order valence-corrected chi connectivity index (χ3v) is 3.44. The summed E-state index contributed by atoms with van der Waals surface area (Å²) in [5.74, 6) is -1.31. The molecule has 0 rings (SSSR count). The van der Waals surface area contributed by atoms with E-state index in [1.54, 1.807) is 11.8 Å². The molecule has 6 heteroatoms. The summed E-state index contributed by atoms with van der Waals surface area (Å²) < 4.78 is 21.9. The van der Waals surface area contributed by atoms with Crippen molar-refractivity contribution in [1.29, 1.82) is 0 Å². The Morgan fingerprint density at radius 1 is 1.50 bits per heavy atom. The summed E-state index contributed by atoms with van der Waals surface area (Å²) in [5, 5.41) is 8.22. The fourth-order valence-corrected chi connectivity index (χ4v) is 2.40. The molecular weight excluding hydrogens is 200 g/mol. The van der Waals surface area contributed by atoms with E-state index in [0.29, 0.717) is 6.42 Å². The first kappa shape index (κ1) is 11.8. The number of rotatable bonds is 6. The Balaban J connectivity index is 3.81. The van der Waals surface area contributed by atoms with Gasteiger partial charge in [0.2, 0.25) is 0 Å². The number of carboxylic acids is 1. The molecule has 0 aliphatic heterocycles. The van der Waals surface area contributed by atoms with Gasteiger partial charge in [-0.15, -0.1) is 0 Å². The zero-order chi connectivity index (χ0) is 9.61. The number of sulfone groups is 1. The van der Waals surface area contributed by atoms with Gasteiger partial charge in [0.1, 0.15) is 5.75 Å². The van der Waals surface area contributed by atoms with Gasteiger partial charge in [0.05, 0.1) is 5.75 Å². The van der Waals surface area contributed by atoms with Crippen molar-refractivity contribution in [3.05, 3.63) is 0 Å². The first-order chi connectivity index (χ1) is 5.48. The van der Waals surface area contributed by atoms with Crippen LogP contribution in [0.4, 0.5) is 0 Å². The minimum Gasteiger partial charge on any atom is -0.480 e. The zero-order valence-electron chi connectivity index (χ0n) is 6.82. The van der Waals surface area contributed by atoms with E-state index in [4.69, 9.17) is 5.11 Å². The Kier molecular flexibility index (Phi) is 5.32. The number of hydrogen-bond donors (Lipinski definition) is 1. The van der Waals surface area contributed by atoms with E-state index in [1.165, 1.54) is 0 Å². The second kappa shape index (κ2) is 5.42. The first-order valence-electron chi connectivity index (χ1n) is 3.39. The lowest BCUT2D eigenvalue weighted by molar-refractivity contribution is -0.134. The summed E-state index contributed by atoms with van der Waals surface area (Å²) >= 11 is 1.55. The third kappa shape index (κ3) is 6.48. The Labute approximate surface area is 76.3 Å². The van der Waals surface area contributed by atoms with Crippen LogP contribution in [0.5, 0.6) is 0 Å². The molecule has 0 aromatic rings. The van der Waals surface area contributed by atoms with Crippen molar-refractivity contribution >= 4 is 27.6 Å². The topological polar surface area (TPSA) is 71.4 Å². The molecule has 0 saturated heterocycles. The van der Waals surface area contributed by atoms with E-state index in [9.17, 15) is 13.2 Å². The fraction of sp³-hybridized carbons (Fsp3) is 0.833. The third-order valence-electron chi connectivity index (χ3n) is 1.15. The summed E-state index contributed by atoms with van der Waals surface area (Å²) in [7, 11) is -3.37. The maximum atomic E-state index is 10.9. The van der Waals surface area contributed by atoms with E-state index >= 15 is 0 Å². The van der Waals surface area contributed by atoms with Crippen LogP contribution in [-0.4, -0.2) is 43.0 Å². The summed E-state index contributed by atoms with van der Waals surface area (Å²) in [6.45, 7) is 0. The molecule has 0 radical (unpaired) electrons. The molecule has 0 aliphatic carbocycles. The highest BCUT2D eigenvalue weighted by Gasteiger charge is 2.14. The molecule has 0 aliphatic rings. The Hall–Kier alpha value is -0.230. The Morgan fingerprint density at radius 2 is 2.08 bits per heavy atom. The molecule has 1 N–H and O–H groups in total. The summed E-state index contributed by atoms with van der Waals surface area (Å²) in [6.07, 6.45) is 2.40. The lowest BCUT2D eigenvalue weighted by Gasteiger charge is -1.99. The standard InChI is InChI=1S/C6H12O4S2/c1-11-3-2-4-12(9,10)5-6(7)8/h2-5H2,1H3,(H,7,8). The maximum absolute atomic E-state index is 10.9. The van der Waals surface area contributed by atoms with Gasteiger partial charge in [-0.1, -0.05) is 0 Å². The van der Waals surface area contributed by atoms with Gasteiger partial charge in [-0.2, -0.15) is 11.8 Å². The van der Waals surface area contributed by atoms with E-state index in [-0.39, 0.29) is 5.75 Å². The normalized spacial score (nSPS) is 11.4. The van der Waals surface area contributed by atoms with E-state index in [1.807, 2.05) is 6.26 Å². The minimum absolute atomic E-state index is 0.0276. The molecule has 0 fully saturated rings. The Morgan fingerprint density at radius 3 is 2.50 bits per heavy atom. The van der Waals surface area contributed by atoms with Crippen molar-refractivity contribution in [2.75, 3.05) is 23.5 Å². The van der Waals surface area contributed by atoms with Gasteiger partial charge in [0.25, 0.3) is 0 Å². The van der Waals surface area contributed by atoms with Crippen LogP contribution in [0.25, 0.3) is 0 Å². The molecule has 0 spiro atoms. The van der Waals surface area contributed by atoms with Crippen molar-refractivity contribution in [3.63, 3.8) is 0 Å². The molecule has 0 aromatic heterocycles. The number of hydrogen-bond acceptors (Lipinski definition) is 4. The molecule has 0 bridgehead atoms. The van der Waals surface area contributed by atoms with Crippen LogP contribution in [0.2, 0.25) is 0 Å². The molecule has 0 saturated carbocycles. The summed E-state index contributed by atoms with van der Waals surface area (Å²) in [4.78, 5) is 10.1. The van der Waals surface area contributed by atoms with Crippen molar-refractivity contribution in [3.8, 4) is 0 Å². The Bertz CT molecular complexity index is 232. The van der Waals surface area contributed by atoms with Crippen LogP contribution in [0.15, 0.2) is 0 Å². The maximum Gasteiger partial charge on any atom is 0.318 e. The molecule has 0 heterocycles. The van der Waals surface area contributed by atoms with Crippen molar-refractivity contribution in [1.82, 2.24) is 0 Å². The first-order valence-corrected chi connectivity index (χ1v) is 6.60. The fourth-order valence-electron chi connectivity index (χ4n) is 0.683. The lowest BCUT2D eigenvalue weighted by Crippen LogP contribution is -2.18. The average molecular weight is 212 g/mol. The van der Waals surface area contributed by atoms with Crippen LogP contribution in [0.1, 0.15) is 6.42 Å². The quantitative estimate of drug-likeness (QED) is 0.638. The second-order valence-corrected chi connectivity index (χ2v) is 5.50. The van der Waals surface area contributed by atoms with Gasteiger partial charge < -0.3 is 5.11 Å². The van der Waals surface area contributed by atoms with Gasteiger partial charge in [-0.3, -0.25) is 4.79 Å². The number of aliphatic carboxylic acids is 1. The zero-order valence-corrected chi connectivity index (χ0v) is 8.45. The van der Waals surface area contributed by atoms with Crippen molar-refractivity contribution in [2.24, 2.45) is 0 Å². The van der Waals surface area contributed by atoms with Crippen LogP contribution in [0.3, 0.4) is 0 Å². The lowest BCUT2D eigenvalue weighted by atomic mass is 10.6. The molecular formula is C6H12O4S2. The molecule has 12 heavy (non-hydrogen) atoms. The monoisotopic (exact) mass is 212 g/mol. The smallest absolute Gasteiger partial charge is 0.318 e. The predicted molar refractivity (Wildman–Crippen MR) is 49.3 cm³/mol. The molecule has 0 atom stereocenters. The van der Waals surface area contributed by atoms with Crippen LogP contribution in [-0.2, 0) is 14.6 Å². The van der Waals surface area contributed by atoms with Gasteiger partial charge >= 0.3 is 5.97 Å². The van der Waals surface area contributed by atoms with Crippen molar-refractivity contribution < 1.29 is 18.3 Å².